The molecule has 0 radical (unpaired) electrons. The molecule has 3 heterocycles. The van der Waals surface area contributed by atoms with E-state index in [4.69, 9.17) is 4.42 Å². The van der Waals surface area contributed by atoms with Crippen molar-refractivity contribution in [2.45, 2.75) is 6.04 Å². The Hall–Kier alpha value is -2.42. The topological polar surface area (TPSA) is 74.6 Å². The summed E-state index contributed by atoms with van der Waals surface area (Å²) in [4.78, 5) is 28.2. The van der Waals surface area contributed by atoms with E-state index in [0.717, 1.165) is 0 Å². The monoisotopic (exact) mass is 389 g/mol. The van der Waals surface area contributed by atoms with E-state index in [1.54, 1.807) is 35.6 Å². The molecule has 2 N–H and O–H groups in total. The first-order chi connectivity index (χ1) is 12.5. The number of anilines is 1. The quantitative estimate of drug-likeness (QED) is 0.646. The molecule has 0 aromatic carbocycles. The van der Waals surface area contributed by atoms with E-state index >= 15 is 0 Å². The summed E-state index contributed by atoms with van der Waals surface area (Å²) >= 11 is 2.90. The zero-order valence-electron chi connectivity index (χ0n) is 14.4. The third-order valence-corrected chi connectivity index (χ3v) is 5.74. The minimum Gasteiger partial charge on any atom is -0.459 e. The van der Waals surface area contributed by atoms with Gasteiger partial charge in [-0.25, -0.2) is 0 Å². The van der Waals surface area contributed by atoms with Crippen LogP contribution in [0.3, 0.4) is 0 Å². The number of thiophene rings is 2. The summed E-state index contributed by atoms with van der Waals surface area (Å²) in [6, 6.07) is 10.8. The first-order valence-corrected chi connectivity index (χ1v) is 9.67. The van der Waals surface area contributed by atoms with Crippen LogP contribution in [0.1, 0.15) is 31.1 Å². The van der Waals surface area contributed by atoms with Crippen molar-refractivity contribution in [2.75, 3.05) is 26.0 Å². The fourth-order valence-electron chi connectivity index (χ4n) is 2.40. The molecule has 0 aliphatic rings. The van der Waals surface area contributed by atoms with Gasteiger partial charge >= 0.3 is 0 Å². The summed E-state index contributed by atoms with van der Waals surface area (Å²) in [5.41, 5.74) is 0. The van der Waals surface area contributed by atoms with Gasteiger partial charge in [0.15, 0.2) is 5.76 Å². The van der Waals surface area contributed by atoms with Crippen molar-refractivity contribution in [1.82, 2.24) is 10.2 Å². The van der Waals surface area contributed by atoms with E-state index < -0.39 is 0 Å². The minimum atomic E-state index is -0.339. The van der Waals surface area contributed by atoms with E-state index in [1.807, 2.05) is 25.5 Å². The van der Waals surface area contributed by atoms with Crippen molar-refractivity contribution in [3.63, 3.8) is 0 Å². The largest absolute Gasteiger partial charge is 0.459 e. The molecule has 3 aromatic rings. The fourth-order valence-corrected chi connectivity index (χ4v) is 4.14. The molecule has 0 saturated carbocycles. The van der Waals surface area contributed by atoms with Gasteiger partial charge in [-0.15, -0.1) is 22.7 Å². The molecule has 1 unspecified atom stereocenters. The number of carbonyl (C=O) groups is 2. The van der Waals surface area contributed by atoms with E-state index in [9.17, 15) is 9.59 Å². The van der Waals surface area contributed by atoms with Crippen LogP contribution < -0.4 is 10.6 Å². The van der Waals surface area contributed by atoms with Crippen molar-refractivity contribution in [3.05, 3.63) is 63.6 Å². The van der Waals surface area contributed by atoms with Crippen molar-refractivity contribution in [1.29, 1.82) is 0 Å². The number of hydrogen-bond donors (Lipinski definition) is 2. The number of hydrogen-bond acceptors (Lipinski definition) is 6. The molecule has 1 atom stereocenters. The molecule has 2 amide bonds. The molecule has 3 aromatic heterocycles. The molecule has 0 saturated heterocycles. The minimum absolute atomic E-state index is 0.122. The van der Waals surface area contributed by atoms with E-state index in [-0.39, 0.29) is 23.6 Å². The summed E-state index contributed by atoms with van der Waals surface area (Å²) in [5, 5.41) is 8.32. The molecular weight excluding hydrogens is 370 g/mol. The lowest BCUT2D eigenvalue weighted by Crippen LogP contribution is -2.33. The third kappa shape index (κ3) is 4.40. The average Bonchev–Trinajstić information content (AvgIpc) is 3.36. The highest BCUT2D eigenvalue weighted by Crippen LogP contribution is 2.24. The van der Waals surface area contributed by atoms with E-state index in [2.05, 4.69) is 21.6 Å². The Morgan fingerprint density at radius 2 is 2.00 bits per heavy atom. The Balaban J connectivity index is 1.58. The molecule has 6 nitrogen and oxygen atoms in total. The fraction of sp³-hybridized carbons (Fsp3) is 0.222. The van der Waals surface area contributed by atoms with Gasteiger partial charge in [0.05, 0.1) is 22.2 Å². The maximum Gasteiger partial charge on any atom is 0.291 e. The summed E-state index contributed by atoms with van der Waals surface area (Å²) in [7, 11) is 3.98. The first kappa shape index (κ1) is 18.4. The summed E-state index contributed by atoms with van der Waals surface area (Å²) in [5.74, 6) is -0.264. The first-order valence-electron chi connectivity index (χ1n) is 7.97. The standard InChI is InChI=1S/C18H19N3O3S2/c1-21(2)12(14-6-4-10-25-14)11-19-18(23)15-7-8-16(26-15)20-17(22)13-5-3-9-24-13/h3-10,12H,11H2,1-2H3,(H,19,23)(H,20,22). The van der Waals surface area contributed by atoms with Crippen molar-refractivity contribution < 1.29 is 14.0 Å². The summed E-state index contributed by atoms with van der Waals surface area (Å²) < 4.78 is 5.05. The van der Waals surface area contributed by atoms with Crippen LogP contribution in [0, 0.1) is 0 Å². The van der Waals surface area contributed by atoms with Crippen LogP contribution in [0.5, 0.6) is 0 Å². The van der Waals surface area contributed by atoms with Crippen molar-refractivity contribution in [3.8, 4) is 0 Å². The smallest absolute Gasteiger partial charge is 0.291 e. The van der Waals surface area contributed by atoms with Gasteiger partial charge in [-0.05, 0) is 49.8 Å². The Bertz CT molecular complexity index is 854. The highest BCUT2D eigenvalue weighted by atomic mass is 32.1. The second kappa shape index (κ2) is 8.31. The SMILES string of the molecule is CN(C)C(CNC(=O)c1ccc(NC(=O)c2ccco2)s1)c1cccs1. The normalized spacial score (nSPS) is 12.1. The number of nitrogens with one attached hydrogen (secondary N) is 2. The van der Waals surface area contributed by atoms with Gasteiger partial charge in [0.25, 0.3) is 11.8 Å². The third-order valence-electron chi connectivity index (χ3n) is 3.76. The number of likely N-dealkylation sites (N-methyl/N-ethyl adjacent to an activating group) is 1. The van der Waals surface area contributed by atoms with Crippen LogP contribution >= 0.6 is 22.7 Å². The van der Waals surface area contributed by atoms with Crippen LogP contribution in [0.2, 0.25) is 0 Å². The van der Waals surface area contributed by atoms with Crippen LogP contribution in [-0.2, 0) is 0 Å². The van der Waals surface area contributed by atoms with E-state index in [0.29, 0.717) is 16.4 Å². The van der Waals surface area contributed by atoms with E-state index in [1.165, 1.54) is 22.5 Å². The van der Waals surface area contributed by atoms with Gasteiger partial charge in [0, 0.05) is 11.4 Å². The molecule has 8 heteroatoms. The van der Waals surface area contributed by atoms with Crippen molar-refractivity contribution in [2.24, 2.45) is 0 Å². The highest BCUT2D eigenvalue weighted by molar-refractivity contribution is 7.18. The second-order valence-electron chi connectivity index (χ2n) is 5.80. The molecular formula is C18H19N3O3S2. The maximum atomic E-state index is 12.4. The zero-order valence-corrected chi connectivity index (χ0v) is 16.0. The Morgan fingerprint density at radius 1 is 1.15 bits per heavy atom. The van der Waals surface area contributed by atoms with Crippen LogP contribution in [-0.4, -0.2) is 37.4 Å². The van der Waals surface area contributed by atoms with Crippen LogP contribution in [0.25, 0.3) is 0 Å². The molecule has 0 bridgehead atoms. The number of rotatable bonds is 7. The Labute approximate surface area is 159 Å². The molecule has 136 valence electrons. The van der Waals surface area contributed by atoms with Gasteiger partial charge < -0.3 is 20.0 Å². The van der Waals surface area contributed by atoms with Gasteiger partial charge in [0.2, 0.25) is 0 Å². The lowest BCUT2D eigenvalue weighted by molar-refractivity contribution is 0.0945. The average molecular weight is 390 g/mol. The number of furan rings is 1. The van der Waals surface area contributed by atoms with Gasteiger partial charge in [0.1, 0.15) is 0 Å². The summed E-state index contributed by atoms with van der Waals surface area (Å²) in [6.45, 7) is 0.512. The van der Waals surface area contributed by atoms with Crippen LogP contribution in [0.4, 0.5) is 5.00 Å². The number of carbonyl (C=O) groups excluding carboxylic acids is 2. The molecule has 0 fully saturated rings. The van der Waals surface area contributed by atoms with Gasteiger partial charge in [-0.1, -0.05) is 6.07 Å². The van der Waals surface area contributed by atoms with Crippen LogP contribution in [0.15, 0.2) is 52.5 Å². The predicted octanol–water partition coefficient (Wildman–Crippen LogP) is 3.69. The highest BCUT2D eigenvalue weighted by Gasteiger charge is 2.18. The second-order valence-corrected chi connectivity index (χ2v) is 7.86. The number of nitrogens with zero attached hydrogens (tertiary/aromatic N) is 1. The maximum absolute atomic E-state index is 12.4. The predicted molar refractivity (Wildman–Crippen MR) is 104 cm³/mol. The Morgan fingerprint density at radius 3 is 2.65 bits per heavy atom. The number of amides is 2. The van der Waals surface area contributed by atoms with Gasteiger partial charge in [-0.2, -0.15) is 0 Å². The molecule has 3 rings (SSSR count). The van der Waals surface area contributed by atoms with Gasteiger partial charge in [-0.3, -0.25) is 9.59 Å². The molecule has 0 spiro atoms. The molecule has 26 heavy (non-hydrogen) atoms. The van der Waals surface area contributed by atoms with Crippen molar-refractivity contribution >= 4 is 39.5 Å². The summed E-state index contributed by atoms with van der Waals surface area (Å²) in [6.07, 6.45) is 1.44. The molecule has 0 aliphatic heterocycles. The zero-order chi connectivity index (χ0) is 18.5. The lowest BCUT2D eigenvalue weighted by atomic mass is 10.2. The lowest BCUT2D eigenvalue weighted by Gasteiger charge is -2.23. The Kier molecular flexibility index (Phi) is 5.87. The molecule has 0 aliphatic carbocycles.